The van der Waals surface area contributed by atoms with Crippen molar-refractivity contribution in [1.82, 2.24) is 9.80 Å². The molecule has 0 aromatic carbocycles. The molecule has 0 spiro atoms. The first-order chi connectivity index (χ1) is 8.33. The molecule has 0 bridgehead atoms. The Labute approximate surface area is 107 Å². The highest BCUT2D eigenvalue weighted by atomic mass is 15.2. The lowest BCUT2D eigenvalue weighted by atomic mass is 9.92. The smallest absolute Gasteiger partial charge is 0.0120 e. The number of likely N-dealkylation sites (tertiary alicyclic amines) is 2. The second-order valence-electron chi connectivity index (χ2n) is 5.96. The first-order valence-electron chi connectivity index (χ1n) is 7.79. The Bertz CT molecular complexity index is 201. The van der Waals surface area contributed by atoms with Gasteiger partial charge in [-0.05, 0) is 70.7 Å². The lowest BCUT2D eigenvalue weighted by Gasteiger charge is -2.41. The van der Waals surface area contributed by atoms with E-state index in [4.69, 9.17) is 0 Å². The minimum absolute atomic E-state index is 0.904. The van der Waals surface area contributed by atoms with Gasteiger partial charge in [0, 0.05) is 6.04 Å². The number of piperidine rings is 2. The van der Waals surface area contributed by atoms with Crippen LogP contribution >= 0.6 is 0 Å². The average molecular weight is 238 g/mol. The highest BCUT2D eigenvalue weighted by molar-refractivity contribution is 4.82. The second-order valence-corrected chi connectivity index (χ2v) is 5.96. The largest absolute Gasteiger partial charge is 0.303 e. The van der Waals surface area contributed by atoms with E-state index in [-0.39, 0.29) is 0 Å². The van der Waals surface area contributed by atoms with Gasteiger partial charge in [-0.2, -0.15) is 0 Å². The first kappa shape index (κ1) is 13.4. The van der Waals surface area contributed by atoms with E-state index >= 15 is 0 Å². The molecule has 0 saturated carbocycles. The molecule has 2 rings (SSSR count). The molecule has 17 heavy (non-hydrogen) atoms. The molecule has 0 aromatic heterocycles. The minimum atomic E-state index is 0.904. The molecule has 2 fully saturated rings. The van der Waals surface area contributed by atoms with E-state index in [0.29, 0.717) is 0 Å². The number of hydrogen-bond acceptors (Lipinski definition) is 2. The van der Waals surface area contributed by atoms with Crippen LogP contribution in [0.4, 0.5) is 0 Å². The molecule has 0 unspecified atom stereocenters. The highest BCUT2D eigenvalue weighted by Gasteiger charge is 2.27. The quantitative estimate of drug-likeness (QED) is 0.743. The summed E-state index contributed by atoms with van der Waals surface area (Å²) in [6.07, 6.45) is 8.43. The lowest BCUT2D eigenvalue weighted by molar-refractivity contribution is 0.0771. The van der Waals surface area contributed by atoms with Gasteiger partial charge in [0.15, 0.2) is 0 Å². The molecule has 0 amide bonds. The average Bonchev–Trinajstić information content (AvgIpc) is 2.40. The van der Waals surface area contributed by atoms with E-state index in [2.05, 4.69) is 23.6 Å². The molecule has 100 valence electrons. The second kappa shape index (κ2) is 6.75. The van der Waals surface area contributed by atoms with E-state index in [0.717, 1.165) is 12.0 Å². The van der Waals surface area contributed by atoms with Gasteiger partial charge in [0.05, 0.1) is 0 Å². The van der Waals surface area contributed by atoms with Crippen LogP contribution < -0.4 is 0 Å². The van der Waals surface area contributed by atoms with Crippen LogP contribution in [0.3, 0.4) is 0 Å². The van der Waals surface area contributed by atoms with Gasteiger partial charge < -0.3 is 9.80 Å². The molecular weight excluding hydrogens is 208 g/mol. The third-order valence-corrected chi connectivity index (χ3v) is 4.84. The number of rotatable bonds is 4. The van der Waals surface area contributed by atoms with Crippen LogP contribution in [-0.2, 0) is 0 Å². The maximum Gasteiger partial charge on any atom is 0.0120 e. The summed E-state index contributed by atoms with van der Waals surface area (Å²) in [4.78, 5) is 5.44. The molecule has 0 aromatic rings. The van der Waals surface area contributed by atoms with Crippen molar-refractivity contribution in [1.29, 1.82) is 0 Å². The van der Waals surface area contributed by atoms with Crippen LogP contribution in [0.15, 0.2) is 0 Å². The zero-order valence-electron chi connectivity index (χ0n) is 11.8. The molecule has 2 aliphatic rings. The van der Waals surface area contributed by atoms with E-state index in [1.807, 2.05) is 0 Å². The van der Waals surface area contributed by atoms with Gasteiger partial charge in [-0.25, -0.2) is 0 Å². The van der Waals surface area contributed by atoms with Gasteiger partial charge in [0.25, 0.3) is 0 Å². The van der Waals surface area contributed by atoms with Gasteiger partial charge in [-0.1, -0.05) is 20.3 Å². The van der Waals surface area contributed by atoms with E-state index in [1.54, 1.807) is 0 Å². The molecule has 0 aliphatic carbocycles. The fourth-order valence-corrected chi connectivity index (χ4v) is 3.55. The summed E-state index contributed by atoms with van der Waals surface area (Å²) in [7, 11) is 0. The van der Waals surface area contributed by atoms with Gasteiger partial charge in [0.1, 0.15) is 0 Å². The SMILES string of the molecule is CCCN1CCC(N2CCC(CC)CC2)CC1. The van der Waals surface area contributed by atoms with Gasteiger partial charge >= 0.3 is 0 Å². The molecule has 2 heterocycles. The van der Waals surface area contributed by atoms with Crippen molar-refractivity contribution in [3.63, 3.8) is 0 Å². The van der Waals surface area contributed by atoms with Crippen molar-refractivity contribution in [2.45, 2.75) is 58.4 Å². The van der Waals surface area contributed by atoms with Crippen molar-refractivity contribution in [3.05, 3.63) is 0 Å². The predicted octanol–water partition coefficient (Wildman–Crippen LogP) is 2.98. The van der Waals surface area contributed by atoms with Gasteiger partial charge in [-0.3, -0.25) is 0 Å². The lowest BCUT2D eigenvalue weighted by Crippen LogP contribution is -2.47. The maximum atomic E-state index is 2.79. The third kappa shape index (κ3) is 3.69. The van der Waals surface area contributed by atoms with Crippen molar-refractivity contribution >= 4 is 0 Å². The Balaban J connectivity index is 1.70. The molecule has 0 radical (unpaired) electrons. The van der Waals surface area contributed by atoms with Crippen LogP contribution in [0.1, 0.15) is 52.4 Å². The Morgan fingerprint density at radius 2 is 1.53 bits per heavy atom. The summed E-state index contributed by atoms with van der Waals surface area (Å²) in [6, 6.07) is 0.904. The molecule has 0 N–H and O–H groups in total. The zero-order chi connectivity index (χ0) is 12.1. The standard InChI is InChI=1S/C15H30N2/c1-3-9-16-10-7-15(8-11-16)17-12-5-14(4-2)6-13-17/h14-15H,3-13H2,1-2H3. The Morgan fingerprint density at radius 1 is 0.882 bits per heavy atom. The summed E-state index contributed by atoms with van der Waals surface area (Å²) in [5, 5.41) is 0. The first-order valence-corrected chi connectivity index (χ1v) is 7.79. The predicted molar refractivity (Wildman–Crippen MR) is 74.3 cm³/mol. The Kier molecular flexibility index (Phi) is 5.30. The Hall–Kier alpha value is -0.0800. The van der Waals surface area contributed by atoms with Crippen LogP contribution in [0.5, 0.6) is 0 Å². The van der Waals surface area contributed by atoms with Crippen LogP contribution in [0, 0.1) is 5.92 Å². The van der Waals surface area contributed by atoms with Crippen LogP contribution in [0.2, 0.25) is 0 Å². The Morgan fingerprint density at radius 3 is 2.06 bits per heavy atom. The fraction of sp³-hybridized carbons (Fsp3) is 1.00. The monoisotopic (exact) mass is 238 g/mol. The van der Waals surface area contributed by atoms with Crippen molar-refractivity contribution in [2.75, 3.05) is 32.7 Å². The minimum Gasteiger partial charge on any atom is -0.303 e. The zero-order valence-corrected chi connectivity index (χ0v) is 11.8. The van der Waals surface area contributed by atoms with Crippen molar-refractivity contribution in [2.24, 2.45) is 5.92 Å². The number of hydrogen-bond donors (Lipinski definition) is 0. The van der Waals surface area contributed by atoms with Crippen LogP contribution in [-0.4, -0.2) is 48.6 Å². The summed E-state index contributed by atoms with van der Waals surface area (Å²) in [5.41, 5.74) is 0. The van der Waals surface area contributed by atoms with Crippen molar-refractivity contribution in [3.8, 4) is 0 Å². The molecule has 2 heteroatoms. The molecule has 2 saturated heterocycles. The molecule has 2 nitrogen and oxygen atoms in total. The normalized spacial score (nSPS) is 26.5. The molecule has 0 atom stereocenters. The summed E-state index contributed by atoms with van der Waals surface area (Å²) in [6.45, 7) is 11.4. The third-order valence-electron chi connectivity index (χ3n) is 4.84. The number of nitrogens with zero attached hydrogens (tertiary/aromatic N) is 2. The van der Waals surface area contributed by atoms with E-state index < -0.39 is 0 Å². The van der Waals surface area contributed by atoms with E-state index in [1.165, 1.54) is 71.2 Å². The topological polar surface area (TPSA) is 6.48 Å². The van der Waals surface area contributed by atoms with Gasteiger partial charge in [0.2, 0.25) is 0 Å². The summed E-state index contributed by atoms with van der Waals surface area (Å²) in [5.74, 6) is 1.02. The fourth-order valence-electron chi connectivity index (χ4n) is 3.55. The highest BCUT2D eigenvalue weighted by Crippen LogP contribution is 2.25. The molecule has 2 aliphatic heterocycles. The molecular formula is C15H30N2. The van der Waals surface area contributed by atoms with Crippen molar-refractivity contribution < 1.29 is 0 Å². The summed E-state index contributed by atoms with van der Waals surface area (Å²) >= 11 is 0. The van der Waals surface area contributed by atoms with Crippen LogP contribution in [0.25, 0.3) is 0 Å². The summed E-state index contributed by atoms with van der Waals surface area (Å²) < 4.78 is 0. The maximum absolute atomic E-state index is 2.79. The van der Waals surface area contributed by atoms with E-state index in [9.17, 15) is 0 Å². The van der Waals surface area contributed by atoms with Gasteiger partial charge in [-0.15, -0.1) is 0 Å².